The zero-order chi connectivity index (χ0) is 14.7. The molecule has 1 heterocycles. The maximum atomic E-state index is 12.7. The SMILES string of the molecule is COCCn1ncc(Br)c1C(=O)c1cc(C)cc(Br)c1. The molecule has 0 saturated carbocycles. The summed E-state index contributed by atoms with van der Waals surface area (Å²) in [5.74, 6) is -0.0603. The Labute approximate surface area is 134 Å². The number of aryl methyl sites for hydroxylation is 1. The molecule has 4 nitrogen and oxygen atoms in total. The third-order valence-electron chi connectivity index (χ3n) is 2.82. The lowest BCUT2D eigenvalue weighted by Gasteiger charge is -2.08. The average Bonchev–Trinajstić information content (AvgIpc) is 2.75. The van der Waals surface area contributed by atoms with Gasteiger partial charge in [-0.3, -0.25) is 9.48 Å². The number of carbonyl (C=O) groups excluding carboxylic acids is 1. The van der Waals surface area contributed by atoms with E-state index in [4.69, 9.17) is 4.74 Å². The highest BCUT2D eigenvalue weighted by atomic mass is 79.9. The normalized spacial score (nSPS) is 10.8. The van der Waals surface area contributed by atoms with Crippen LogP contribution in [-0.4, -0.2) is 29.3 Å². The van der Waals surface area contributed by atoms with E-state index in [2.05, 4.69) is 37.0 Å². The van der Waals surface area contributed by atoms with Gasteiger partial charge in [0, 0.05) is 17.1 Å². The van der Waals surface area contributed by atoms with Crippen molar-refractivity contribution in [3.63, 3.8) is 0 Å². The Bertz CT molecular complexity index is 618. The van der Waals surface area contributed by atoms with Crippen molar-refractivity contribution >= 4 is 37.6 Å². The maximum absolute atomic E-state index is 12.7. The predicted octanol–water partition coefficient (Wildman–Crippen LogP) is 3.59. The Morgan fingerprint density at radius 1 is 1.35 bits per heavy atom. The van der Waals surface area contributed by atoms with Gasteiger partial charge in [-0.05, 0) is 46.6 Å². The molecule has 0 fully saturated rings. The number of hydrogen-bond donors (Lipinski definition) is 0. The summed E-state index contributed by atoms with van der Waals surface area (Å²) in [4.78, 5) is 12.7. The largest absolute Gasteiger partial charge is 0.383 e. The molecule has 0 spiro atoms. The summed E-state index contributed by atoms with van der Waals surface area (Å²) < 4.78 is 8.28. The van der Waals surface area contributed by atoms with Gasteiger partial charge in [0.25, 0.3) is 0 Å². The van der Waals surface area contributed by atoms with Crippen LogP contribution in [0.25, 0.3) is 0 Å². The number of halogens is 2. The summed E-state index contributed by atoms with van der Waals surface area (Å²) in [7, 11) is 1.62. The molecule has 0 amide bonds. The fraction of sp³-hybridized carbons (Fsp3) is 0.286. The lowest BCUT2D eigenvalue weighted by atomic mass is 10.1. The minimum atomic E-state index is -0.0603. The van der Waals surface area contributed by atoms with Crippen LogP contribution in [0, 0.1) is 6.92 Å². The zero-order valence-corrected chi connectivity index (χ0v) is 14.4. The minimum Gasteiger partial charge on any atom is -0.383 e. The molecular weight excluding hydrogens is 388 g/mol. The second kappa shape index (κ2) is 6.65. The highest BCUT2D eigenvalue weighted by Crippen LogP contribution is 2.23. The molecule has 1 aromatic carbocycles. The number of rotatable bonds is 5. The summed E-state index contributed by atoms with van der Waals surface area (Å²) in [5, 5.41) is 4.20. The molecule has 6 heteroatoms. The molecule has 2 aromatic rings. The fourth-order valence-corrected chi connectivity index (χ4v) is 3.02. The van der Waals surface area contributed by atoms with Gasteiger partial charge in [0.15, 0.2) is 0 Å². The van der Waals surface area contributed by atoms with Gasteiger partial charge in [0.2, 0.25) is 5.78 Å². The van der Waals surface area contributed by atoms with E-state index < -0.39 is 0 Å². The van der Waals surface area contributed by atoms with Crippen molar-refractivity contribution < 1.29 is 9.53 Å². The summed E-state index contributed by atoms with van der Waals surface area (Å²) >= 11 is 6.80. The van der Waals surface area contributed by atoms with Crippen LogP contribution in [0.2, 0.25) is 0 Å². The average molecular weight is 402 g/mol. The van der Waals surface area contributed by atoms with E-state index in [0.717, 1.165) is 10.0 Å². The summed E-state index contributed by atoms with van der Waals surface area (Å²) in [6.07, 6.45) is 1.63. The molecule has 0 aliphatic rings. The molecule has 106 valence electrons. The standard InChI is InChI=1S/C14H14Br2N2O2/c1-9-5-10(7-11(15)6-9)14(19)13-12(16)8-17-18(13)3-4-20-2/h5-8H,3-4H2,1-2H3. The first-order valence-corrected chi connectivity index (χ1v) is 7.63. The van der Waals surface area contributed by atoms with Gasteiger partial charge in [-0.25, -0.2) is 0 Å². The van der Waals surface area contributed by atoms with Crippen molar-refractivity contribution in [2.75, 3.05) is 13.7 Å². The smallest absolute Gasteiger partial charge is 0.212 e. The number of ketones is 1. The first kappa shape index (κ1) is 15.4. The van der Waals surface area contributed by atoms with Gasteiger partial charge >= 0.3 is 0 Å². The topological polar surface area (TPSA) is 44.1 Å². The van der Waals surface area contributed by atoms with Gasteiger partial charge in [-0.1, -0.05) is 15.9 Å². The molecule has 0 radical (unpaired) electrons. The number of hydrogen-bond acceptors (Lipinski definition) is 3. The lowest BCUT2D eigenvalue weighted by Crippen LogP contribution is -2.15. The second-order valence-electron chi connectivity index (χ2n) is 4.40. The van der Waals surface area contributed by atoms with Crippen LogP contribution in [0.5, 0.6) is 0 Å². The predicted molar refractivity (Wildman–Crippen MR) is 84.1 cm³/mol. The molecule has 1 aromatic heterocycles. The molecule has 0 aliphatic heterocycles. The quantitative estimate of drug-likeness (QED) is 0.719. The molecule has 0 N–H and O–H groups in total. The second-order valence-corrected chi connectivity index (χ2v) is 6.17. The van der Waals surface area contributed by atoms with E-state index in [1.807, 2.05) is 25.1 Å². The minimum absolute atomic E-state index is 0.0603. The van der Waals surface area contributed by atoms with E-state index in [-0.39, 0.29) is 5.78 Å². The number of aromatic nitrogens is 2. The van der Waals surface area contributed by atoms with Crippen molar-refractivity contribution in [2.24, 2.45) is 0 Å². The Balaban J connectivity index is 2.39. The van der Waals surface area contributed by atoms with Gasteiger partial charge < -0.3 is 4.74 Å². The number of carbonyl (C=O) groups is 1. The zero-order valence-electron chi connectivity index (χ0n) is 11.2. The maximum Gasteiger partial charge on any atom is 0.212 e. The first-order chi connectivity index (χ1) is 9.52. The molecular formula is C14H14Br2N2O2. The highest BCUT2D eigenvalue weighted by Gasteiger charge is 2.19. The van der Waals surface area contributed by atoms with Crippen LogP contribution in [-0.2, 0) is 11.3 Å². The van der Waals surface area contributed by atoms with Gasteiger partial charge in [-0.15, -0.1) is 0 Å². The summed E-state index contributed by atoms with van der Waals surface area (Å²) in [5.41, 5.74) is 2.21. The van der Waals surface area contributed by atoms with E-state index >= 15 is 0 Å². The van der Waals surface area contributed by atoms with Crippen LogP contribution < -0.4 is 0 Å². The van der Waals surface area contributed by atoms with Crippen molar-refractivity contribution in [1.29, 1.82) is 0 Å². The van der Waals surface area contributed by atoms with E-state index in [0.29, 0.717) is 28.9 Å². The number of ether oxygens (including phenoxy) is 1. The third-order valence-corrected chi connectivity index (χ3v) is 3.86. The van der Waals surface area contributed by atoms with Crippen molar-refractivity contribution in [3.8, 4) is 0 Å². The monoisotopic (exact) mass is 400 g/mol. The Kier molecular flexibility index (Phi) is 5.12. The van der Waals surface area contributed by atoms with Crippen LogP contribution in [0.15, 0.2) is 33.3 Å². The van der Waals surface area contributed by atoms with E-state index in [9.17, 15) is 4.79 Å². The molecule has 20 heavy (non-hydrogen) atoms. The summed E-state index contributed by atoms with van der Waals surface area (Å²) in [6.45, 7) is 3.00. The number of nitrogens with zero attached hydrogens (tertiary/aromatic N) is 2. The first-order valence-electron chi connectivity index (χ1n) is 6.05. The fourth-order valence-electron chi connectivity index (χ4n) is 1.94. The van der Waals surface area contributed by atoms with Gasteiger partial charge in [0.05, 0.1) is 23.8 Å². The van der Waals surface area contributed by atoms with Crippen molar-refractivity contribution in [1.82, 2.24) is 9.78 Å². The van der Waals surface area contributed by atoms with Gasteiger partial charge in [-0.2, -0.15) is 5.10 Å². The Hall–Kier alpha value is -0.980. The third kappa shape index (κ3) is 3.37. The molecule has 0 saturated heterocycles. The van der Waals surface area contributed by atoms with Crippen LogP contribution in [0.3, 0.4) is 0 Å². The number of benzene rings is 1. The molecule has 0 unspecified atom stereocenters. The molecule has 0 aliphatic carbocycles. The van der Waals surface area contributed by atoms with Crippen LogP contribution in [0.1, 0.15) is 21.6 Å². The van der Waals surface area contributed by atoms with Crippen LogP contribution in [0.4, 0.5) is 0 Å². The van der Waals surface area contributed by atoms with Crippen LogP contribution >= 0.6 is 31.9 Å². The van der Waals surface area contributed by atoms with E-state index in [1.54, 1.807) is 18.0 Å². The molecule has 2 rings (SSSR count). The molecule has 0 atom stereocenters. The van der Waals surface area contributed by atoms with Crippen molar-refractivity contribution in [2.45, 2.75) is 13.5 Å². The van der Waals surface area contributed by atoms with Gasteiger partial charge in [0.1, 0.15) is 5.69 Å². The van der Waals surface area contributed by atoms with Crippen molar-refractivity contribution in [3.05, 3.63) is 50.2 Å². The number of methoxy groups -OCH3 is 1. The Morgan fingerprint density at radius 2 is 2.10 bits per heavy atom. The van der Waals surface area contributed by atoms with E-state index in [1.165, 1.54) is 0 Å². The summed E-state index contributed by atoms with van der Waals surface area (Å²) in [6, 6.07) is 5.65. The highest BCUT2D eigenvalue weighted by molar-refractivity contribution is 9.10. The Morgan fingerprint density at radius 3 is 2.75 bits per heavy atom. The lowest BCUT2D eigenvalue weighted by molar-refractivity contribution is 0.102. The molecule has 0 bridgehead atoms.